The maximum atomic E-state index is 6.60. The number of furan rings is 3. The number of hydrogen-bond acceptors (Lipinski definition) is 6. The second-order valence-corrected chi connectivity index (χ2v) is 18.1. The molecule has 6 nitrogen and oxygen atoms in total. The van der Waals surface area contributed by atoms with Crippen LogP contribution >= 0.6 is 0 Å². The summed E-state index contributed by atoms with van der Waals surface area (Å²) in [6.45, 7) is 0. The molecule has 14 aromatic rings. The number of benzene rings is 10. The molecule has 0 N–H and O–H groups in total. The van der Waals surface area contributed by atoms with Gasteiger partial charge in [0.25, 0.3) is 0 Å². The third-order valence-electron chi connectivity index (χ3n) is 14.2. The van der Waals surface area contributed by atoms with Gasteiger partial charge in [-0.05, 0) is 110 Å². The topological polar surface area (TPSA) is 78.1 Å². The van der Waals surface area contributed by atoms with E-state index in [-0.39, 0.29) is 0 Å². The molecule has 0 saturated carbocycles. The van der Waals surface area contributed by atoms with Crippen LogP contribution in [0.15, 0.2) is 207 Å². The van der Waals surface area contributed by atoms with Crippen molar-refractivity contribution in [2.45, 2.75) is 12.8 Å². The van der Waals surface area contributed by atoms with E-state index in [9.17, 15) is 0 Å². The first-order valence-corrected chi connectivity index (χ1v) is 23.5. The number of aryl methyl sites for hydroxylation is 1. The summed E-state index contributed by atoms with van der Waals surface area (Å²) < 4.78 is 19.4. The normalized spacial score (nSPS) is 12.8. The van der Waals surface area contributed by atoms with Crippen molar-refractivity contribution in [2.75, 3.05) is 0 Å². The van der Waals surface area contributed by atoms with E-state index in [1.165, 1.54) is 37.9 Å². The van der Waals surface area contributed by atoms with E-state index >= 15 is 0 Å². The van der Waals surface area contributed by atoms with E-state index in [0.717, 1.165) is 112 Å². The Hall–Kier alpha value is -9.13. The van der Waals surface area contributed by atoms with Crippen molar-refractivity contribution in [3.05, 3.63) is 205 Å². The molecule has 0 amide bonds. The Bertz CT molecular complexity index is 4480. The predicted octanol–water partition coefficient (Wildman–Crippen LogP) is 17.2. The van der Waals surface area contributed by atoms with Crippen molar-refractivity contribution >= 4 is 93.2 Å². The van der Waals surface area contributed by atoms with E-state index < -0.39 is 0 Å². The number of hydrogen-bond donors (Lipinski definition) is 0. The average molecular weight is 884 g/mol. The number of allylic oxidation sites excluding steroid dienone is 1. The molecule has 0 radical (unpaired) electrons. The van der Waals surface area contributed by atoms with Gasteiger partial charge in [-0.2, -0.15) is 0 Å². The van der Waals surface area contributed by atoms with Crippen LogP contribution in [0.2, 0.25) is 0 Å². The van der Waals surface area contributed by atoms with Crippen LogP contribution in [0.25, 0.3) is 150 Å². The van der Waals surface area contributed by atoms with Gasteiger partial charge in [-0.25, -0.2) is 15.0 Å². The largest absolute Gasteiger partial charge is 0.460 e. The SMILES string of the molecule is C1=Cc2c(oc3c(-c4ccc5oc6cccc(-c7nc(-c8cccc(-c9ccc%10c%11ccccc%11c%11ccccc%11c%10c9)c8)nc(-c8ccc9oc%10ccccc%10c9c8)n7)c6c5c4)cccc23)CC1. The van der Waals surface area contributed by atoms with Crippen LogP contribution in [0.1, 0.15) is 17.7 Å². The fourth-order valence-corrected chi connectivity index (χ4v) is 10.9. The molecule has 0 fully saturated rings. The highest BCUT2D eigenvalue weighted by Gasteiger charge is 2.22. The second kappa shape index (κ2) is 14.7. The van der Waals surface area contributed by atoms with Gasteiger partial charge in [0.05, 0.1) is 0 Å². The van der Waals surface area contributed by atoms with Gasteiger partial charge in [0, 0.05) is 61.2 Å². The van der Waals surface area contributed by atoms with Gasteiger partial charge in [-0.15, -0.1) is 0 Å². The lowest BCUT2D eigenvalue weighted by atomic mass is 9.92. The highest BCUT2D eigenvalue weighted by Crippen LogP contribution is 2.43. The number of fused-ring (bicyclic) bond motifs is 15. The molecule has 0 unspecified atom stereocenters. The van der Waals surface area contributed by atoms with Crippen LogP contribution in [0, 0.1) is 0 Å². The zero-order valence-electron chi connectivity index (χ0n) is 37.0. The third kappa shape index (κ3) is 5.88. The van der Waals surface area contributed by atoms with E-state index in [4.69, 9.17) is 28.2 Å². The zero-order chi connectivity index (χ0) is 45.2. The van der Waals surface area contributed by atoms with Gasteiger partial charge >= 0.3 is 0 Å². The van der Waals surface area contributed by atoms with Crippen molar-refractivity contribution in [2.24, 2.45) is 0 Å². The fraction of sp³-hybridized carbons (Fsp3) is 0.0317. The molecule has 6 heteroatoms. The van der Waals surface area contributed by atoms with Crippen molar-refractivity contribution in [3.63, 3.8) is 0 Å². The van der Waals surface area contributed by atoms with Crippen LogP contribution in [0.4, 0.5) is 0 Å². The standard InChI is InChI=1S/C63H37N3O3/c1-2-16-44-42(14-1)43-15-3-4-17-45(43)51-33-37(26-29-46(44)51)36-12-9-13-39(32-36)61-64-62(40-28-31-56-52(35-40)48-19-6-7-23-54(48)67-56)66-63(65-61)50-22-11-25-58-59(50)53-34-38(27-30-57(53)68-58)41-20-10-21-49-47-18-5-8-24-55(47)69-60(41)49/h1-7,9-23,25-35H,8,24H2. The number of aromatic nitrogens is 3. The Labute approximate surface area is 394 Å². The molecule has 10 aromatic carbocycles. The summed E-state index contributed by atoms with van der Waals surface area (Å²) in [4.78, 5) is 16.0. The monoisotopic (exact) mass is 883 g/mol. The van der Waals surface area contributed by atoms with Crippen LogP contribution < -0.4 is 0 Å². The van der Waals surface area contributed by atoms with Crippen molar-refractivity contribution in [1.29, 1.82) is 0 Å². The fourth-order valence-electron chi connectivity index (χ4n) is 10.9. The van der Waals surface area contributed by atoms with E-state index in [0.29, 0.717) is 17.5 Å². The highest BCUT2D eigenvalue weighted by molar-refractivity contribution is 6.26. The first kappa shape index (κ1) is 38.0. The molecule has 1 aliphatic carbocycles. The number of para-hydroxylation sites is 2. The highest BCUT2D eigenvalue weighted by atomic mass is 16.3. The maximum Gasteiger partial charge on any atom is 0.164 e. The summed E-state index contributed by atoms with van der Waals surface area (Å²) in [5.74, 6) is 2.72. The third-order valence-corrected chi connectivity index (χ3v) is 14.2. The van der Waals surface area contributed by atoms with Crippen LogP contribution in [0.3, 0.4) is 0 Å². The molecule has 322 valence electrons. The van der Waals surface area contributed by atoms with Crippen LogP contribution in [-0.2, 0) is 6.42 Å². The molecule has 4 heterocycles. The Kier molecular flexibility index (Phi) is 8.09. The van der Waals surface area contributed by atoms with Gasteiger partial charge in [0.2, 0.25) is 0 Å². The molecule has 15 rings (SSSR count). The second-order valence-electron chi connectivity index (χ2n) is 18.1. The van der Waals surface area contributed by atoms with Crippen LogP contribution in [-0.4, -0.2) is 15.0 Å². The Morgan fingerprint density at radius 1 is 0.333 bits per heavy atom. The zero-order valence-corrected chi connectivity index (χ0v) is 37.0. The molecule has 0 spiro atoms. The van der Waals surface area contributed by atoms with Gasteiger partial charge in [-0.1, -0.05) is 146 Å². The lowest BCUT2D eigenvalue weighted by molar-refractivity contribution is 0.547. The molecule has 0 bridgehead atoms. The maximum absolute atomic E-state index is 6.60. The molecule has 0 saturated heterocycles. The van der Waals surface area contributed by atoms with Crippen molar-refractivity contribution < 1.29 is 13.3 Å². The van der Waals surface area contributed by atoms with E-state index in [1.807, 2.05) is 42.5 Å². The summed E-state index contributed by atoms with van der Waals surface area (Å²) in [7, 11) is 0. The van der Waals surface area contributed by atoms with Crippen LogP contribution in [0.5, 0.6) is 0 Å². The van der Waals surface area contributed by atoms with E-state index in [2.05, 4.69) is 158 Å². The van der Waals surface area contributed by atoms with E-state index in [1.54, 1.807) is 0 Å². The summed E-state index contributed by atoms with van der Waals surface area (Å²) >= 11 is 0. The van der Waals surface area contributed by atoms with Gasteiger partial charge < -0.3 is 13.3 Å². The first-order chi connectivity index (χ1) is 34.2. The molecular weight excluding hydrogens is 847 g/mol. The lowest BCUT2D eigenvalue weighted by Gasteiger charge is -2.13. The minimum Gasteiger partial charge on any atom is -0.460 e. The Balaban J connectivity index is 0.921. The molecule has 4 aromatic heterocycles. The first-order valence-electron chi connectivity index (χ1n) is 23.5. The molecule has 69 heavy (non-hydrogen) atoms. The average Bonchev–Trinajstić information content (AvgIpc) is 4.12. The van der Waals surface area contributed by atoms with Gasteiger partial charge in [-0.3, -0.25) is 0 Å². The summed E-state index contributed by atoms with van der Waals surface area (Å²) in [5, 5.41) is 12.5. The predicted molar refractivity (Wildman–Crippen MR) is 281 cm³/mol. The molecule has 1 aliphatic rings. The Morgan fingerprint density at radius 3 is 1.70 bits per heavy atom. The summed E-state index contributed by atoms with van der Waals surface area (Å²) in [6, 6.07) is 66.0. The van der Waals surface area contributed by atoms with Crippen molar-refractivity contribution in [3.8, 4) is 56.4 Å². The minimum absolute atomic E-state index is 0.549. The summed E-state index contributed by atoms with van der Waals surface area (Å²) in [6.07, 6.45) is 6.32. The summed E-state index contributed by atoms with van der Waals surface area (Å²) in [5.41, 5.74) is 12.1. The minimum atomic E-state index is 0.549. The number of rotatable bonds is 5. The molecular formula is C63H37N3O3. The smallest absolute Gasteiger partial charge is 0.164 e. The quantitative estimate of drug-likeness (QED) is 0.160. The Morgan fingerprint density at radius 2 is 0.870 bits per heavy atom. The van der Waals surface area contributed by atoms with Gasteiger partial charge in [0.1, 0.15) is 33.7 Å². The van der Waals surface area contributed by atoms with Crippen molar-refractivity contribution in [1.82, 2.24) is 15.0 Å². The van der Waals surface area contributed by atoms with Gasteiger partial charge in [0.15, 0.2) is 17.5 Å². The number of nitrogens with zero attached hydrogens (tertiary/aromatic N) is 3. The lowest BCUT2D eigenvalue weighted by Crippen LogP contribution is -2.00. The molecule has 0 atom stereocenters. The molecule has 0 aliphatic heterocycles.